The number of nitro groups is 1. The average molecular weight is 319 g/mol. The van der Waals surface area contributed by atoms with Crippen LogP contribution in [0.2, 0.25) is 0 Å². The highest BCUT2D eigenvalue weighted by atomic mass is 16.6. The van der Waals surface area contributed by atoms with E-state index in [1.807, 2.05) is 13.8 Å². The Bertz CT molecular complexity index is 700. The summed E-state index contributed by atoms with van der Waals surface area (Å²) in [4.78, 5) is 22.3. The van der Waals surface area contributed by atoms with Gasteiger partial charge in [0.2, 0.25) is 0 Å². The molecule has 1 aromatic carbocycles. The van der Waals surface area contributed by atoms with Gasteiger partial charge in [0.05, 0.1) is 10.3 Å². The lowest BCUT2D eigenvalue weighted by atomic mass is 9.50. The largest absolute Gasteiger partial charge is 0.502 e. The third kappa shape index (κ3) is 2.11. The Labute approximate surface area is 134 Å². The van der Waals surface area contributed by atoms with Gasteiger partial charge in [-0.05, 0) is 61.1 Å². The Morgan fingerprint density at radius 3 is 2.65 bits per heavy atom. The van der Waals surface area contributed by atoms with Crippen LogP contribution in [0, 0.1) is 21.4 Å². The molecule has 2 aliphatic carbocycles. The molecular formula is C17H21NO5. The summed E-state index contributed by atoms with van der Waals surface area (Å²) >= 11 is 0. The predicted octanol–water partition coefficient (Wildman–Crippen LogP) is 3.40. The number of hydrogen-bond donors (Lipinski definition) is 2. The van der Waals surface area contributed by atoms with Crippen molar-refractivity contribution < 1.29 is 19.9 Å². The monoisotopic (exact) mass is 319 g/mol. The number of nitro benzene ring substituents is 1. The Morgan fingerprint density at radius 2 is 2.04 bits per heavy atom. The lowest BCUT2D eigenvalue weighted by Gasteiger charge is -2.53. The van der Waals surface area contributed by atoms with Crippen molar-refractivity contribution >= 4 is 11.7 Å². The van der Waals surface area contributed by atoms with Gasteiger partial charge in [0.25, 0.3) is 0 Å². The topological polar surface area (TPSA) is 101 Å². The summed E-state index contributed by atoms with van der Waals surface area (Å²) in [5, 5.41) is 30.8. The molecular weight excluding hydrogens is 298 g/mol. The number of fused-ring (bicyclic) bond motifs is 3. The lowest BCUT2D eigenvalue weighted by Crippen LogP contribution is -2.52. The number of nitrogens with zero attached hydrogens (tertiary/aromatic N) is 1. The number of carbonyl (C=O) groups is 1. The number of hydrogen-bond acceptors (Lipinski definition) is 4. The van der Waals surface area contributed by atoms with Gasteiger partial charge in [0.15, 0.2) is 5.75 Å². The van der Waals surface area contributed by atoms with Crippen LogP contribution in [0.25, 0.3) is 0 Å². The molecule has 0 amide bonds. The normalized spacial score (nSPS) is 32.7. The highest BCUT2D eigenvalue weighted by Crippen LogP contribution is 2.58. The van der Waals surface area contributed by atoms with E-state index in [9.17, 15) is 25.1 Å². The lowest BCUT2D eigenvalue weighted by molar-refractivity contribution is -0.386. The highest BCUT2D eigenvalue weighted by molar-refractivity contribution is 5.75. The molecule has 0 unspecified atom stereocenters. The molecule has 124 valence electrons. The maximum absolute atomic E-state index is 11.9. The van der Waals surface area contributed by atoms with Crippen LogP contribution in [-0.2, 0) is 16.6 Å². The Morgan fingerprint density at radius 1 is 1.35 bits per heavy atom. The summed E-state index contributed by atoms with van der Waals surface area (Å²) in [7, 11) is 0. The first kappa shape index (κ1) is 15.8. The minimum atomic E-state index is -0.790. The van der Waals surface area contributed by atoms with Crippen molar-refractivity contribution in [2.45, 2.75) is 51.4 Å². The zero-order valence-corrected chi connectivity index (χ0v) is 13.3. The number of phenolic OH excluding ortho intramolecular Hbond substituents is 1. The zero-order chi connectivity index (χ0) is 17.0. The molecule has 0 radical (unpaired) electrons. The molecule has 0 aliphatic heterocycles. The van der Waals surface area contributed by atoms with E-state index in [-0.39, 0.29) is 22.8 Å². The first-order chi connectivity index (χ1) is 10.7. The van der Waals surface area contributed by atoms with E-state index in [1.165, 1.54) is 12.1 Å². The van der Waals surface area contributed by atoms with Crippen LogP contribution in [0.15, 0.2) is 12.1 Å². The third-order valence-corrected chi connectivity index (χ3v) is 6.13. The van der Waals surface area contributed by atoms with Gasteiger partial charge in [-0.2, -0.15) is 0 Å². The van der Waals surface area contributed by atoms with E-state index < -0.39 is 16.3 Å². The van der Waals surface area contributed by atoms with Crippen LogP contribution in [0.4, 0.5) is 5.69 Å². The number of benzene rings is 1. The Hall–Kier alpha value is -2.11. The van der Waals surface area contributed by atoms with Gasteiger partial charge >= 0.3 is 11.7 Å². The number of aromatic hydroxyl groups is 1. The van der Waals surface area contributed by atoms with Gasteiger partial charge in [-0.15, -0.1) is 0 Å². The van der Waals surface area contributed by atoms with Crippen molar-refractivity contribution in [1.29, 1.82) is 0 Å². The number of aliphatic carboxylic acids is 1. The number of carboxylic acid groups (broad SMARTS) is 1. The van der Waals surface area contributed by atoms with Crippen LogP contribution in [-0.4, -0.2) is 21.1 Å². The summed E-state index contributed by atoms with van der Waals surface area (Å²) in [5.41, 5.74) is 0.308. The van der Waals surface area contributed by atoms with Crippen LogP contribution < -0.4 is 0 Å². The highest BCUT2D eigenvalue weighted by Gasteiger charge is 2.55. The van der Waals surface area contributed by atoms with Crippen molar-refractivity contribution in [3.05, 3.63) is 33.4 Å². The van der Waals surface area contributed by atoms with E-state index >= 15 is 0 Å². The summed E-state index contributed by atoms with van der Waals surface area (Å²) in [5.74, 6) is -1.14. The molecule has 0 heterocycles. The van der Waals surface area contributed by atoms with Gasteiger partial charge in [-0.1, -0.05) is 13.3 Å². The van der Waals surface area contributed by atoms with Crippen LogP contribution in [0.3, 0.4) is 0 Å². The Kier molecular flexibility index (Phi) is 3.39. The van der Waals surface area contributed by atoms with Gasteiger partial charge in [-0.25, -0.2) is 0 Å². The maximum atomic E-state index is 11.9. The van der Waals surface area contributed by atoms with Gasteiger partial charge in [0.1, 0.15) is 0 Å². The number of rotatable bonds is 2. The van der Waals surface area contributed by atoms with Gasteiger partial charge < -0.3 is 10.2 Å². The van der Waals surface area contributed by atoms with Crippen molar-refractivity contribution in [2.75, 3.05) is 0 Å². The minimum absolute atomic E-state index is 0.0328. The van der Waals surface area contributed by atoms with E-state index in [4.69, 9.17) is 0 Å². The SMILES string of the molecule is C[C@]1(C(=O)O)CCC[C@]2(C)c3cc(O)c([N+](=O)[O-])cc3CC[C@@H]12. The van der Waals surface area contributed by atoms with Crippen LogP contribution >= 0.6 is 0 Å². The Balaban J connectivity index is 2.15. The average Bonchev–Trinajstić information content (AvgIpc) is 2.46. The van der Waals surface area contributed by atoms with Gasteiger partial charge in [0, 0.05) is 6.07 Å². The summed E-state index contributed by atoms with van der Waals surface area (Å²) in [6.45, 7) is 3.86. The minimum Gasteiger partial charge on any atom is -0.502 e. The summed E-state index contributed by atoms with van der Waals surface area (Å²) in [6.07, 6.45) is 3.60. The molecule has 1 fully saturated rings. The first-order valence-electron chi connectivity index (χ1n) is 7.94. The first-order valence-corrected chi connectivity index (χ1v) is 7.94. The predicted molar refractivity (Wildman–Crippen MR) is 83.5 cm³/mol. The molecule has 2 N–H and O–H groups in total. The third-order valence-electron chi connectivity index (χ3n) is 6.13. The molecule has 0 bridgehead atoms. The maximum Gasteiger partial charge on any atom is 0.310 e. The molecule has 1 aromatic rings. The molecule has 6 heteroatoms. The quantitative estimate of drug-likeness (QED) is 0.642. The molecule has 6 nitrogen and oxygen atoms in total. The van der Waals surface area contributed by atoms with Crippen molar-refractivity contribution in [1.82, 2.24) is 0 Å². The fourth-order valence-corrected chi connectivity index (χ4v) is 4.89. The fourth-order valence-electron chi connectivity index (χ4n) is 4.89. The second-order valence-corrected chi connectivity index (χ2v) is 7.34. The van der Waals surface area contributed by atoms with Crippen molar-refractivity contribution in [3.63, 3.8) is 0 Å². The second-order valence-electron chi connectivity index (χ2n) is 7.34. The van der Waals surface area contributed by atoms with Crippen molar-refractivity contribution in [2.24, 2.45) is 11.3 Å². The summed E-state index contributed by atoms with van der Waals surface area (Å²) in [6, 6.07) is 2.95. The van der Waals surface area contributed by atoms with Gasteiger partial charge in [-0.3, -0.25) is 14.9 Å². The zero-order valence-electron chi connectivity index (χ0n) is 13.3. The molecule has 3 rings (SSSR count). The molecule has 0 spiro atoms. The second kappa shape index (κ2) is 4.94. The van der Waals surface area contributed by atoms with Crippen LogP contribution in [0.5, 0.6) is 5.75 Å². The molecule has 3 atom stereocenters. The number of aryl methyl sites for hydroxylation is 1. The molecule has 0 aromatic heterocycles. The molecule has 23 heavy (non-hydrogen) atoms. The van der Waals surface area contributed by atoms with E-state index in [1.54, 1.807) is 0 Å². The van der Waals surface area contributed by atoms with E-state index in [0.717, 1.165) is 24.0 Å². The van der Waals surface area contributed by atoms with Crippen LogP contribution in [0.1, 0.15) is 50.7 Å². The number of carboxylic acids is 1. The van der Waals surface area contributed by atoms with E-state index in [2.05, 4.69) is 0 Å². The molecule has 1 saturated carbocycles. The molecule has 2 aliphatic rings. The standard InChI is InChI=1S/C17H21NO5/c1-16-6-3-7-17(2,15(20)21)14(16)5-4-10-8-12(18(22)23)13(19)9-11(10)16/h8-9,14,19H,3-7H2,1-2H3,(H,20,21)/t14-,16-,17+/m1/s1. The van der Waals surface area contributed by atoms with Crippen molar-refractivity contribution in [3.8, 4) is 5.75 Å². The fraction of sp³-hybridized carbons (Fsp3) is 0.588. The van der Waals surface area contributed by atoms with E-state index in [0.29, 0.717) is 19.3 Å². The smallest absolute Gasteiger partial charge is 0.310 e. The summed E-state index contributed by atoms with van der Waals surface area (Å²) < 4.78 is 0. The molecule has 0 saturated heterocycles. The number of phenols is 1.